The summed E-state index contributed by atoms with van der Waals surface area (Å²) < 4.78 is 0. The number of likely N-dealkylation sites (tertiary alicyclic amines) is 2. The molecule has 1 atom stereocenters. The Morgan fingerprint density at radius 3 is 2.38 bits per heavy atom. The standard InChI is InChI=1S/C17H24N2O2/c20-17(21)18-12-9-15(10-13-18)19-11-5-4-8-16(19)14-6-2-1-3-7-14/h1-3,6-7,15-16H,4-5,8-13H2,(H,20,21). The highest BCUT2D eigenvalue weighted by Crippen LogP contribution is 2.34. The lowest BCUT2D eigenvalue weighted by atomic mass is 9.91. The quantitative estimate of drug-likeness (QED) is 0.907. The minimum absolute atomic E-state index is 0.515. The van der Waals surface area contributed by atoms with Gasteiger partial charge >= 0.3 is 6.09 Å². The minimum Gasteiger partial charge on any atom is -0.465 e. The number of benzene rings is 1. The zero-order chi connectivity index (χ0) is 14.7. The van der Waals surface area contributed by atoms with E-state index in [1.165, 1.54) is 24.8 Å². The summed E-state index contributed by atoms with van der Waals surface area (Å²) >= 11 is 0. The van der Waals surface area contributed by atoms with Crippen molar-refractivity contribution in [1.29, 1.82) is 0 Å². The molecule has 1 aromatic carbocycles. The lowest BCUT2D eigenvalue weighted by molar-refractivity contribution is 0.0497. The molecule has 1 unspecified atom stereocenters. The van der Waals surface area contributed by atoms with Crippen LogP contribution in [0.3, 0.4) is 0 Å². The van der Waals surface area contributed by atoms with Crippen LogP contribution >= 0.6 is 0 Å². The predicted molar refractivity (Wildman–Crippen MR) is 82.4 cm³/mol. The predicted octanol–water partition coefficient (Wildman–Crippen LogP) is 3.36. The topological polar surface area (TPSA) is 43.8 Å². The molecule has 4 nitrogen and oxygen atoms in total. The second-order valence-corrected chi connectivity index (χ2v) is 6.16. The normalized spacial score (nSPS) is 25.0. The Labute approximate surface area is 126 Å². The van der Waals surface area contributed by atoms with E-state index in [4.69, 9.17) is 5.11 Å². The molecule has 2 aliphatic rings. The molecule has 2 saturated heterocycles. The second-order valence-electron chi connectivity index (χ2n) is 6.16. The Balaban J connectivity index is 1.69. The Kier molecular flexibility index (Phi) is 4.44. The van der Waals surface area contributed by atoms with Gasteiger partial charge in [0, 0.05) is 25.2 Å². The lowest BCUT2D eigenvalue weighted by Crippen LogP contribution is -2.48. The number of hydrogen-bond donors (Lipinski definition) is 1. The Bertz CT molecular complexity index is 469. The van der Waals surface area contributed by atoms with Crippen LogP contribution in [0.4, 0.5) is 4.79 Å². The molecule has 0 bridgehead atoms. The van der Waals surface area contributed by atoms with Crippen molar-refractivity contribution in [2.24, 2.45) is 0 Å². The maximum atomic E-state index is 11.0. The molecule has 3 rings (SSSR count). The van der Waals surface area contributed by atoms with Crippen molar-refractivity contribution in [1.82, 2.24) is 9.80 Å². The van der Waals surface area contributed by atoms with Crippen LogP contribution in [0.15, 0.2) is 30.3 Å². The lowest BCUT2D eigenvalue weighted by Gasteiger charge is -2.44. The van der Waals surface area contributed by atoms with Crippen molar-refractivity contribution in [2.45, 2.75) is 44.2 Å². The number of rotatable bonds is 2. The smallest absolute Gasteiger partial charge is 0.407 e. The molecule has 114 valence electrons. The molecule has 0 radical (unpaired) electrons. The van der Waals surface area contributed by atoms with Gasteiger partial charge in [-0.05, 0) is 37.8 Å². The number of carboxylic acid groups (broad SMARTS) is 1. The van der Waals surface area contributed by atoms with Crippen LogP contribution in [-0.2, 0) is 0 Å². The van der Waals surface area contributed by atoms with E-state index in [9.17, 15) is 4.79 Å². The maximum Gasteiger partial charge on any atom is 0.407 e. The zero-order valence-corrected chi connectivity index (χ0v) is 12.4. The van der Waals surface area contributed by atoms with E-state index in [-0.39, 0.29) is 0 Å². The Morgan fingerprint density at radius 2 is 1.71 bits per heavy atom. The first-order valence-electron chi connectivity index (χ1n) is 8.04. The highest BCUT2D eigenvalue weighted by Gasteiger charge is 2.32. The molecule has 1 aromatic rings. The van der Waals surface area contributed by atoms with Crippen LogP contribution in [0.2, 0.25) is 0 Å². The van der Waals surface area contributed by atoms with Gasteiger partial charge in [0.1, 0.15) is 0 Å². The van der Waals surface area contributed by atoms with E-state index in [1.54, 1.807) is 4.90 Å². The third-order valence-corrected chi connectivity index (χ3v) is 4.93. The van der Waals surface area contributed by atoms with E-state index in [0.717, 1.165) is 19.4 Å². The average Bonchev–Trinajstić information content (AvgIpc) is 2.56. The molecular weight excluding hydrogens is 264 g/mol. The molecule has 2 fully saturated rings. The minimum atomic E-state index is -0.772. The van der Waals surface area contributed by atoms with Crippen LogP contribution in [0.25, 0.3) is 0 Å². The Morgan fingerprint density at radius 1 is 1.00 bits per heavy atom. The first kappa shape index (κ1) is 14.4. The molecular formula is C17H24N2O2. The number of nitrogens with zero attached hydrogens (tertiary/aromatic N) is 2. The molecule has 0 saturated carbocycles. The van der Waals surface area contributed by atoms with Crippen LogP contribution in [0, 0.1) is 0 Å². The molecule has 4 heteroatoms. The van der Waals surface area contributed by atoms with Crippen molar-refractivity contribution in [2.75, 3.05) is 19.6 Å². The molecule has 1 N–H and O–H groups in total. The van der Waals surface area contributed by atoms with E-state index >= 15 is 0 Å². The van der Waals surface area contributed by atoms with Gasteiger partial charge in [0.15, 0.2) is 0 Å². The third-order valence-electron chi connectivity index (χ3n) is 4.93. The van der Waals surface area contributed by atoms with Gasteiger partial charge in [-0.3, -0.25) is 4.90 Å². The van der Waals surface area contributed by atoms with Gasteiger partial charge in [0.2, 0.25) is 0 Å². The summed E-state index contributed by atoms with van der Waals surface area (Å²) in [6.07, 6.45) is 4.95. The fourth-order valence-corrected chi connectivity index (χ4v) is 3.81. The molecule has 2 heterocycles. The fraction of sp³-hybridized carbons (Fsp3) is 0.588. The second kappa shape index (κ2) is 6.48. The third kappa shape index (κ3) is 3.21. The molecule has 0 aliphatic carbocycles. The van der Waals surface area contributed by atoms with Gasteiger partial charge in [-0.25, -0.2) is 4.79 Å². The van der Waals surface area contributed by atoms with Crippen LogP contribution in [0.1, 0.15) is 43.7 Å². The van der Waals surface area contributed by atoms with Crippen molar-refractivity contribution in [3.05, 3.63) is 35.9 Å². The first-order chi connectivity index (χ1) is 10.3. The molecule has 21 heavy (non-hydrogen) atoms. The van der Waals surface area contributed by atoms with Gasteiger partial charge in [-0.15, -0.1) is 0 Å². The van der Waals surface area contributed by atoms with Crippen molar-refractivity contribution in [3.63, 3.8) is 0 Å². The van der Waals surface area contributed by atoms with Crippen LogP contribution in [0.5, 0.6) is 0 Å². The zero-order valence-electron chi connectivity index (χ0n) is 12.4. The van der Waals surface area contributed by atoms with E-state index in [0.29, 0.717) is 25.2 Å². The average molecular weight is 288 g/mol. The highest BCUT2D eigenvalue weighted by molar-refractivity contribution is 5.65. The summed E-state index contributed by atoms with van der Waals surface area (Å²) in [5, 5.41) is 9.08. The van der Waals surface area contributed by atoms with Crippen LogP contribution in [-0.4, -0.2) is 46.7 Å². The van der Waals surface area contributed by atoms with Crippen molar-refractivity contribution < 1.29 is 9.90 Å². The first-order valence-corrected chi connectivity index (χ1v) is 8.04. The molecule has 0 aromatic heterocycles. The van der Waals surface area contributed by atoms with E-state index < -0.39 is 6.09 Å². The van der Waals surface area contributed by atoms with Gasteiger partial charge < -0.3 is 10.0 Å². The largest absolute Gasteiger partial charge is 0.465 e. The van der Waals surface area contributed by atoms with E-state index in [2.05, 4.69) is 35.2 Å². The summed E-state index contributed by atoms with van der Waals surface area (Å²) in [7, 11) is 0. The van der Waals surface area contributed by atoms with Crippen LogP contribution < -0.4 is 0 Å². The van der Waals surface area contributed by atoms with Gasteiger partial charge in [-0.2, -0.15) is 0 Å². The van der Waals surface area contributed by atoms with Gasteiger partial charge in [-0.1, -0.05) is 36.8 Å². The summed E-state index contributed by atoms with van der Waals surface area (Å²) in [6.45, 7) is 2.51. The summed E-state index contributed by atoms with van der Waals surface area (Å²) in [4.78, 5) is 15.2. The van der Waals surface area contributed by atoms with Crippen molar-refractivity contribution >= 4 is 6.09 Å². The number of piperidine rings is 2. The van der Waals surface area contributed by atoms with Crippen molar-refractivity contribution in [3.8, 4) is 0 Å². The maximum absolute atomic E-state index is 11.0. The number of hydrogen-bond acceptors (Lipinski definition) is 2. The van der Waals surface area contributed by atoms with Gasteiger partial charge in [0.05, 0.1) is 0 Å². The molecule has 2 aliphatic heterocycles. The molecule has 1 amide bonds. The summed E-state index contributed by atoms with van der Waals surface area (Å²) in [5.41, 5.74) is 1.41. The summed E-state index contributed by atoms with van der Waals surface area (Å²) in [5.74, 6) is 0. The summed E-state index contributed by atoms with van der Waals surface area (Å²) in [6, 6.07) is 11.8. The molecule has 0 spiro atoms. The Hall–Kier alpha value is -1.55. The van der Waals surface area contributed by atoms with E-state index in [1.807, 2.05) is 0 Å². The SMILES string of the molecule is O=C(O)N1CCC(N2CCCCC2c2ccccc2)CC1. The fourth-order valence-electron chi connectivity index (χ4n) is 3.81. The highest BCUT2D eigenvalue weighted by atomic mass is 16.4. The monoisotopic (exact) mass is 288 g/mol. The van der Waals surface area contributed by atoms with Gasteiger partial charge in [0.25, 0.3) is 0 Å². The number of amides is 1. The number of carbonyl (C=O) groups is 1.